The summed E-state index contributed by atoms with van der Waals surface area (Å²) in [4.78, 5) is 11.7. The molecule has 1 aromatic carbocycles. The first kappa shape index (κ1) is 22.5. The third kappa shape index (κ3) is 6.99. The van der Waals surface area contributed by atoms with Crippen molar-refractivity contribution in [3.8, 4) is 11.5 Å². The highest BCUT2D eigenvalue weighted by Gasteiger charge is 2.18. The lowest BCUT2D eigenvalue weighted by molar-refractivity contribution is -0.120. The van der Waals surface area contributed by atoms with E-state index in [1.165, 1.54) is 12.1 Å². The average Bonchev–Trinajstić information content (AvgIpc) is 2.78. The summed E-state index contributed by atoms with van der Waals surface area (Å²) in [5.74, 6) is 0.723. The van der Waals surface area contributed by atoms with Gasteiger partial charge in [0.05, 0.1) is 18.1 Å². The Morgan fingerprint density at radius 3 is 2.62 bits per heavy atom. The number of hydrogen-bond donors (Lipinski definition) is 3. The molecule has 1 atom stereocenters. The summed E-state index contributed by atoms with van der Waals surface area (Å²) < 4.78 is 38.1. The Morgan fingerprint density at radius 2 is 1.92 bits per heavy atom. The molecule has 0 saturated heterocycles. The van der Waals surface area contributed by atoms with Crippen molar-refractivity contribution in [2.24, 2.45) is 5.73 Å². The van der Waals surface area contributed by atoms with E-state index < -0.39 is 10.0 Å². The summed E-state index contributed by atoms with van der Waals surface area (Å²) in [5.41, 5.74) is 5.60. The summed E-state index contributed by atoms with van der Waals surface area (Å²) in [6.45, 7) is 3.36. The molecule has 0 bridgehead atoms. The van der Waals surface area contributed by atoms with E-state index >= 15 is 0 Å². The average molecular weight is 408 g/mol. The van der Waals surface area contributed by atoms with Crippen molar-refractivity contribution in [1.82, 2.24) is 10.0 Å². The van der Waals surface area contributed by atoms with E-state index in [2.05, 4.69) is 10.0 Å². The molecule has 1 unspecified atom stereocenters. The highest BCUT2D eigenvalue weighted by molar-refractivity contribution is 7.89. The van der Waals surface area contributed by atoms with Gasteiger partial charge in [0.25, 0.3) is 0 Å². The van der Waals surface area contributed by atoms with Gasteiger partial charge in [-0.3, -0.25) is 4.79 Å². The molecule has 0 saturated carbocycles. The second kappa shape index (κ2) is 10.6. The van der Waals surface area contributed by atoms with Gasteiger partial charge in [-0.1, -0.05) is 0 Å². The topological polar surface area (TPSA) is 120 Å². The molecule has 4 N–H and O–H groups in total. The molecule has 0 spiro atoms. The standard InChI is InChI=1S/C16H25N3O5S.ClH/c1-12(17)5-7-18-16(20)6-8-19-25(21,22)13-3-4-14-15(11-13)24-10-2-9-23-14;/h3-4,11-12,19H,2,5-10,17H2,1H3,(H,18,20);1H. The number of halogens is 1. The van der Waals surface area contributed by atoms with Gasteiger partial charge >= 0.3 is 0 Å². The first-order chi connectivity index (χ1) is 11.9. The molecular weight excluding hydrogens is 382 g/mol. The van der Waals surface area contributed by atoms with Crippen LogP contribution in [-0.4, -0.2) is 46.7 Å². The number of benzene rings is 1. The second-order valence-electron chi connectivity index (χ2n) is 5.92. The molecule has 8 nitrogen and oxygen atoms in total. The first-order valence-electron chi connectivity index (χ1n) is 8.30. The van der Waals surface area contributed by atoms with E-state index in [4.69, 9.17) is 15.2 Å². The molecule has 0 aromatic heterocycles. The van der Waals surface area contributed by atoms with Gasteiger partial charge in [-0.25, -0.2) is 13.1 Å². The van der Waals surface area contributed by atoms with Gasteiger partial charge in [0.1, 0.15) is 0 Å². The fourth-order valence-electron chi connectivity index (χ4n) is 2.22. The summed E-state index contributed by atoms with van der Waals surface area (Å²) in [6.07, 6.45) is 1.48. The number of nitrogens with two attached hydrogens (primary N) is 1. The monoisotopic (exact) mass is 407 g/mol. The van der Waals surface area contributed by atoms with Crippen molar-refractivity contribution in [3.63, 3.8) is 0 Å². The Morgan fingerprint density at radius 1 is 1.23 bits per heavy atom. The Kier molecular flexibility index (Phi) is 9.14. The van der Waals surface area contributed by atoms with Crippen molar-refractivity contribution in [2.75, 3.05) is 26.3 Å². The molecule has 1 amide bonds. The predicted molar refractivity (Wildman–Crippen MR) is 100 cm³/mol. The SMILES string of the molecule is CC(N)CCNC(=O)CCNS(=O)(=O)c1ccc2c(c1)OCCCO2.Cl. The number of carbonyl (C=O) groups is 1. The Balaban J connectivity index is 0.00000338. The Hall–Kier alpha value is -1.55. The Labute approximate surface area is 160 Å². The van der Waals surface area contributed by atoms with Crippen LogP contribution in [0.1, 0.15) is 26.2 Å². The summed E-state index contributed by atoms with van der Waals surface area (Å²) in [5, 5.41) is 2.70. The van der Waals surface area contributed by atoms with E-state index in [0.717, 1.165) is 6.42 Å². The predicted octanol–water partition coefficient (Wildman–Crippen LogP) is 0.792. The number of ether oxygens (including phenoxy) is 2. The Bertz CT molecular complexity index is 697. The lowest BCUT2D eigenvalue weighted by Gasteiger charge is -2.11. The van der Waals surface area contributed by atoms with Gasteiger partial charge in [-0.05, 0) is 25.5 Å². The van der Waals surface area contributed by atoms with Crippen LogP contribution in [0.25, 0.3) is 0 Å². The first-order valence-corrected chi connectivity index (χ1v) is 9.78. The smallest absolute Gasteiger partial charge is 0.240 e. The van der Waals surface area contributed by atoms with Gasteiger partial charge in [0.2, 0.25) is 15.9 Å². The number of amides is 1. The fraction of sp³-hybridized carbons (Fsp3) is 0.562. The van der Waals surface area contributed by atoms with Gasteiger partial charge in [0, 0.05) is 38.0 Å². The molecule has 1 heterocycles. The van der Waals surface area contributed by atoms with Crippen LogP contribution < -0.4 is 25.2 Å². The van der Waals surface area contributed by atoms with Crippen molar-refractivity contribution < 1.29 is 22.7 Å². The van der Waals surface area contributed by atoms with Crippen LogP contribution in [0.3, 0.4) is 0 Å². The van der Waals surface area contributed by atoms with Crippen molar-refractivity contribution in [3.05, 3.63) is 18.2 Å². The number of nitrogens with one attached hydrogen (secondary N) is 2. The van der Waals surface area contributed by atoms with Crippen LogP contribution >= 0.6 is 12.4 Å². The minimum atomic E-state index is -3.72. The molecular formula is C16H26ClN3O5S. The number of rotatable bonds is 8. The number of sulfonamides is 1. The number of hydrogen-bond acceptors (Lipinski definition) is 6. The largest absolute Gasteiger partial charge is 0.490 e. The minimum absolute atomic E-state index is 0. The quantitative estimate of drug-likeness (QED) is 0.586. The van der Waals surface area contributed by atoms with Crippen molar-refractivity contribution >= 4 is 28.3 Å². The third-order valence-corrected chi connectivity index (χ3v) is 5.05. The van der Waals surface area contributed by atoms with Gasteiger partial charge in [-0.15, -0.1) is 12.4 Å². The zero-order valence-corrected chi connectivity index (χ0v) is 16.3. The molecule has 1 aromatic rings. The van der Waals surface area contributed by atoms with Gasteiger partial charge in [0.15, 0.2) is 11.5 Å². The van der Waals surface area contributed by atoms with Crippen molar-refractivity contribution in [2.45, 2.75) is 37.1 Å². The van der Waals surface area contributed by atoms with E-state index in [-0.39, 0.29) is 42.2 Å². The van der Waals surface area contributed by atoms with Crippen LogP contribution in [0.4, 0.5) is 0 Å². The summed E-state index contributed by atoms with van der Waals surface area (Å²) in [6, 6.07) is 4.48. The maximum absolute atomic E-state index is 12.3. The van der Waals surface area contributed by atoms with E-state index in [1.54, 1.807) is 6.07 Å². The van der Waals surface area contributed by atoms with Crippen LogP contribution in [0.5, 0.6) is 11.5 Å². The maximum Gasteiger partial charge on any atom is 0.240 e. The molecule has 1 aliphatic heterocycles. The number of carbonyl (C=O) groups excluding carboxylic acids is 1. The summed E-state index contributed by atoms with van der Waals surface area (Å²) >= 11 is 0. The van der Waals surface area contributed by atoms with Crippen LogP contribution in [0.15, 0.2) is 23.1 Å². The molecule has 148 valence electrons. The van der Waals surface area contributed by atoms with Gasteiger partial charge < -0.3 is 20.5 Å². The van der Waals surface area contributed by atoms with Gasteiger partial charge in [-0.2, -0.15) is 0 Å². The summed E-state index contributed by atoms with van der Waals surface area (Å²) in [7, 11) is -3.72. The molecule has 1 aliphatic rings. The highest BCUT2D eigenvalue weighted by atomic mass is 35.5. The highest BCUT2D eigenvalue weighted by Crippen LogP contribution is 2.31. The van der Waals surface area contributed by atoms with Crippen molar-refractivity contribution in [1.29, 1.82) is 0 Å². The lowest BCUT2D eigenvalue weighted by atomic mass is 10.2. The molecule has 2 rings (SSSR count). The lowest BCUT2D eigenvalue weighted by Crippen LogP contribution is -2.32. The molecule has 0 fully saturated rings. The van der Waals surface area contributed by atoms with E-state index in [9.17, 15) is 13.2 Å². The minimum Gasteiger partial charge on any atom is -0.490 e. The maximum atomic E-state index is 12.3. The molecule has 0 radical (unpaired) electrons. The number of fused-ring (bicyclic) bond motifs is 1. The van der Waals surface area contributed by atoms with Crippen LogP contribution in [0.2, 0.25) is 0 Å². The zero-order chi connectivity index (χ0) is 18.3. The van der Waals surface area contributed by atoms with E-state index in [1.807, 2.05) is 6.92 Å². The second-order valence-corrected chi connectivity index (χ2v) is 7.69. The third-order valence-electron chi connectivity index (χ3n) is 3.60. The van der Waals surface area contributed by atoms with Crippen LogP contribution in [0, 0.1) is 0 Å². The van der Waals surface area contributed by atoms with Crippen LogP contribution in [-0.2, 0) is 14.8 Å². The fourth-order valence-corrected chi connectivity index (χ4v) is 3.27. The normalized spacial score (nSPS) is 14.7. The van der Waals surface area contributed by atoms with E-state index in [0.29, 0.717) is 37.7 Å². The molecule has 0 aliphatic carbocycles. The molecule has 26 heavy (non-hydrogen) atoms. The molecule has 10 heteroatoms. The zero-order valence-electron chi connectivity index (χ0n) is 14.7.